The Morgan fingerprint density at radius 1 is 0.971 bits per heavy atom. The van der Waals surface area contributed by atoms with Crippen molar-refractivity contribution in [3.63, 3.8) is 0 Å². The van der Waals surface area contributed by atoms with Crippen LogP contribution in [0.1, 0.15) is 84.5 Å². The number of likely N-dealkylation sites (N-methyl/N-ethyl adjacent to an activating group) is 1. The predicted molar refractivity (Wildman–Crippen MR) is 141 cm³/mol. The molecule has 0 heterocycles. The molecule has 0 saturated carbocycles. The predicted octanol–water partition coefficient (Wildman–Crippen LogP) is 4.48. The van der Waals surface area contributed by atoms with E-state index in [4.69, 9.17) is 9.05 Å². The van der Waals surface area contributed by atoms with E-state index in [0.29, 0.717) is 11.0 Å². The summed E-state index contributed by atoms with van der Waals surface area (Å²) in [5, 5.41) is 13.1. The van der Waals surface area contributed by atoms with Crippen LogP contribution < -0.4 is 10.2 Å². The zero-order valence-corrected chi connectivity index (χ0v) is 23.6. The van der Waals surface area contributed by atoms with Crippen LogP contribution in [0.3, 0.4) is 0 Å². The van der Waals surface area contributed by atoms with Gasteiger partial charge >= 0.3 is 0 Å². The van der Waals surface area contributed by atoms with Crippen molar-refractivity contribution < 1.29 is 32.9 Å². The van der Waals surface area contributed by atoms with Gasteiger partial charge in [0, 0.05) is 6.42 Å². The van der Waals surface area contributed by atoms with Crippen LogP contribution in [0, 0.1) is 0 Å². The minimum absolute atomic E-state index is 0.00873. The van der Waals surface area contributed by atoms with Gasteiger partial charge in [-0.15, -0.1) is 0 Å². The van der Waals surface area contributed by atoms with Gasteiger partial charge in [0.1, 0.15) is 13.2 Å². The fourth-order valence-corrected chi connectivity index (χ4v) is 3.91. The molecule has 0 radical (unpaired) electrons. The molecule has 0 rings (SSSR count). The summed E-state index contributed by atoms with van der Waals surface area (Å²) in [6, 6.07) is -0.893. The summed E-state index contributed by atoms with van der Waals surface area (Å²) in [6.07, 6.45) is 18.7. The van der Waals surface area contributed by atoms with Gasteiger partial charge in [0.15, 0.2) is 0 Å². The summed E-state index contributed by atoms with van der Waals surface area (Å²) >= 11 is 0. The second kappa shape index (κ2) is 20.1. The zero-order valence-electron chi connectivity index (χ0n) is 22.7. The van der Waals surface area contributed by atoms with E-state index < -0.39 is 26.6 Å². The molecule has 8 nitrogen and oxygen atoms in total. The Morgan fingerprint density at radius 3 is 2.20 bits per heavy atom. The highest BCUT2D eigenvalue weighted by atomic mass is 31.2. The van der Waals surface area contributed by atoms with Crippen molar-refractivity contribution in [1.29, 1.82) is 0 Å². The number of hydrogen-bond acceptors (Lipinski definition) is 6. The van der Waals surface area contributed by atoms with E-state index in [1.165, 1.54) is 44.9 Å². The molecule has 0 spiro atoms. The molecule has 0 aromatic carbocycles. The van der Waals surface area contributed by atoms with E-state index in [0.717, 1.165) is 19.3 Å². The van der Waals surface area contributed by atoms with Crippen LogP contribution in [-0.4, -0.2) is 68.5 Å². The molecule has 0 aliphatic rings. The highest BCUT2D eigenvalue weighted by Crippen LogP contribution is 2.38. The summed E-state index contributed by atoms with van der Waals surface area (Å²) in [5.74, 6) is -0.300. The average molecular weight is 519 g/mol. The number of hydrogen-bond donors (Lipinski definition) is 2. The van der Waals surface area contributed by atoms with E-state index in [9.17, 15) is 19.4 Å². The van der Waals surface area contributed by atoms with Gasteiger partial charge < -0.3 is 28.8 Å². The second-order valence-electron chi connectivity index (χ2n) is 10.00. The first-order valence-electron chi connectivity index (χ1n) is 13.2. The number of carbonyl (C=O) groups is 1. The van der Waals surface area contributed by atoms with E-state index >= 15 is 0 Å². The second-order valence-corrected chi connectivity index (χ2v) is 11.4. The molecule has 35 heavy (non-hydrogen) atoms. The van der Waals surface area contributed by atoms with Crippen LogP contribution in [0.2, 0.25) is 0 Å². The molecule has 0 aromatic heterocycles. The minimum atomic E-state index is -4.54. The molecule has 0 aromatic rings. The summed E-state index contributed by atoms with van der Waals surface area (Å²) in [5.41, 5.74) is 0. The van der Waals surface area contributed by atoms with Crippen molar-refractivity contribution in [3.8, 4) is 0 Å². The van der Waals surface area contributed by atoms with E-state index in [1.807, 2.05) is 27.2 Å². The number of nitrogens with zero attached hydrogens (tertiary/aromatic N) is 1. The van der Waals surface area contributed by atoms with Gasteiger partial charge in [-0.3, -0.25) is 9.36 Å². The number of carbonyl (C=O) groups excluding carboxylic acids is 1. The molecule has 3 unspecified atom stereocenters. The maximum Gasteiger partial charge on any atom is 0.268 e. The lowest BCUT2D eigenvalue weighted by molar-refractivity contribution is -0.870. The van der Waals surface area contributed by atoms with Gasteiger partial charge in [0.25, 0.3) is 7.82 Å². The standard InChI is InChI=1S/C26H51N2O6P/c1-6-8-9-10-11-12-13-14-15-16-17-18-19-20-25(29)24(27-26(30)7-2)23-34-35(31,32)33-22-21-28(3,4)5/h15-16,19-20,24-25,29H,6-14,17-18,21-23H2,1-5H3,(H-,27,30,31,32)/b16-15+,20-19+. The van der Waals surface area contributed by atoms with Crippen LogP contribution in [0.15, 0.2) is 24.3 Å². The van der Waals surface area contributed by atoms with Crippen LogP contribution in [0.25, 0.3) is 0 Å². The highest BCUT2D eigenvalue weighted by molar-refractivity contribution is 7.45. The Kier molecular flexibility index (Phi) is 19.5. The summed E-state index contributed by atoms with van der Waals surface area (Å²) in [7, 11) is 1.23. The molecule has 0 aliphatic carbocycles. The third kappa shape index (κ3) is 21.9. The lowest BCUT2D eigenvalue weighted by Gasteiger charge is -2.29. The maximum absolute atomic E-state index is 12.0. The van der Waals surface area contributed by atoms with Gasteiger partial charge in [-0.05, 0) is 25.7 Å². The molecular weight excluding hydrogens is 467 g/mol. The van der Waals surface area contributed by atoms with Crippen LogP contribution >= 0.6 is 7.82 Å². The molecule has 9 heteroatoms. The molecule has 0 aliphatic heterocycles. The number of unbranched alkanes of at least 4 members (excludes halogenated alkanes) is 8. The van der Waals surface area contributed by atoms with Gasteiger partial charge in [-0.2, -0.15) is 0 Å². The molecule has 206 valence electrons. The maximum atomic E-state index is 12.0. The number of rotatable bonds is 22. The molecule has 2 N–H and O–H groups in total. The number of quaternary nitrogens is 1. The van der Waals surface area contributed by atoms with Crippen LogP contribution in [-0.2, 0) is 18.4 Å². The number of phosphoric acid groups is 1. The SMILES string of the molecule is CCCCCCCCC/C=C/CC/C=C/C(O)C(COP(=O)([O-])OCC[N+](C)(C)C)NC(=O)CC. The molecular formula is C26H51N2O6P. The van der Waals surface area contributed by atoms with Crippen molar-refractivity contribution in [2.75, 3.05) is 40.9 Å². The van der Waals surface area contributed by atoms with Crippen molar-refractivity contribution in [3.05, 3.63) is 24.3 Å². The van der Waals surface area contributed by atoms with Gasteiger partial charge in [-0.1, -0.05) is 76.7 Å². The topological polar surface area (TPSA) is 108 Å². The third-order valence-corrected chi connectivity index (χ3v) is 6.44. The smallest absolute Gasteiger partial charge is 0.268 e. The average Bonchev–Trinajstić information content (AvgIpc) is 2.78. The molecule has 0 fully saturated rings. The monoisotopic (exact) mass is 518 g/mol. The molecule has 1 amide bonds. The first-order valence-corrected chi connectivity index (χ1v) is 14.7. The van der Waals surface area contributed by atoms with Crippen LogP contribution in [0.5, 0.6) is 0 Å². The summed E-state index contributed by atoms with van der Waals surface area (Å²) in [4.78, 5) is 23.9. The highest BCUT2D eigenvalue weighted by Gasteiger charge is 2.22. The Balaban J connectivity index is 4.38. The first-order chi connectivity index (χ1) is 16.5. The third-order valence-electron chi connectivity index (χ3n) is 5.48. The number of aliphatic hydroxyl groups excluding tert-OH is 1. The minimum Gasteiger partial charge on any atom is -0.756 e. The van der Waals surface area contributed by atoms with Crippen molar-refractivity contribution >= 4 is 13.7 Å². The summed E-state index contributed by atoms with van der Waals surface area (Å²) in [6.45, 7) is 3.99. The van der Waals surface area contributed by atoms with Gasteiger partial charge in [0.2, 0.25) is 5.91 Å². The fourth-order valence-electron chi connectivity index (χ4n) is 3.19. The van der Waals surface area contributed by atoms with Gasteiger partial charge in [-0.25, -0.2) is 0 Å². The van der Waals surface area contributed by atoms with E-state index in [-0.39, 0.29) is 18.9 Å². The number of nitrogens with one attached hydrogen (secondary N) is 1. The zero-order chi connectivity index (χ0) is 26.6. The lowest BCUT2D eigenvalue weighted by atomic mass is 10.1. The quantitative estimate of drug-likeness (QED) is 0.0947. The number of phosphoric ester groups is 1. The first kappa shape index (κ1) is 34.0. The summed E-state index contributed by atoms with van der Waals surface area (Å²) < 4.78 is 22.4. The number of aliphatic hydroxyl groups is 1. The fraction of sp³-hybridized carbons (Fsp3) is 0.808. The lowest BCUT2D eigenvalue weighted by Crippen LogP contribution is -2.45. The number of allylic oxidation sites excluding steroid dienone is 3. The molecule has 3 atom stereocenters. The molecule has 0 saturated heterocycles. The largest absolute Gasteiger partial charge is 0.756 e. The van der Waals surface area contributed by atoms with Gasteiger partial charge in [0.05, 0.1) is 39.9 Å². The Bertz CT molecular complexity index is 648. The van der Waals surface area contributed by atoms with Crippen molar-refractivity contribution in [2.45, 2.75) is 96.6 Å². The van der Waals surface area contributed by atoms with E-state index in [2.05, 4.69) is 24.4 Å². The molecule has 0 bridgehead atoms. The van der Waals surface area contributed by atoms with Crippen molar-refractivity contribution in [2.24, 2.45) is 0 Å². The Morgan fingerprint density at radius 2 is 1.57 bits per heavy atom. The van der Waals surface area contributed by atoms with Crippen molar-refractivity contribution in [1.82, 2.24) is 5.32 Å². The normalized spacial score (nSPS) is 16.0. The van der Waals surface area contributed by atoms with E-state index in [1.54, 1.807) is 13.0 Å². The Labute approximate surface area is 214 Å². The number of amides is 1. The van der Waals surface area contributed by atoms with Crippen LogP contribution in [0.4, 0.5) is 0 Å². The Hall–Kier alpha value is -1.02.